The van der Waals surface area contributed by atoms with Gasteiger partial charge < -0.3 is 9.84 Å². The minimum Gasteiger partial charge on any atom is -0.480 e. The Labute approximate surface area is 199 Å². The van der Waals surface area contributed by atoms with E-state index >= 15 is 0 Å². The Bertz CT molecular complexity index is 1320. The quantitative estimate of drug-likeness (QED) is 0.513. The number of rotatable bonds is 5. The highest BCUT2D eigenvalue weighted by atomic mass is 16.5. The first-order valence-corrected chi connectivity index (χ1v) is 10.8. The van der Waals surface area contributed by atoms with Crippen LogP contribution in [-0.4, -0.2) is 56.4 Å². The fourth-order valence-corrected chi connectivity index (χ4v) is 4.51. The second-order valence-corrected chi connectivity index (χ2v) is 8.28. The lowest BCUT2D eigenvalue weighted by Crippen LogP contribution is -2.46. The van der Waals surface area contributed by atoms with Crippen molar-refractivity contribution >= 4 is 29.7 Å². The van der Waals surface area contributed by atoms with E-state index in [1.54, 1.807) is 0 Å². The van der Waals surface area contributed by atoms with E-state index in [2.05, 4.69) is 15.8 Å². The number of aryl methyl sites for hydroxylation is 1. The van der Waals surface area contributed by atoms with Crippen molar-refractivity contribution < 1.29 is 29.0 Å². The van der Waals surface area contributed by atoms with Gasteiger partial charge >= 0.3 is 12.1 Å². The number of nitrogens with zero attached hydrogens (tertiary/aromatic N) is 3. The number of carbonyl (C=O) groups is 4. The van der Waals surface area contributed by atoms with Crippen LogP contribution >= 0.6 is 0 Å². The number of hydrazine groups is 1. The van der Waals surface area contributed by atoms with Gasteiger partial charge in [-0.1, -0.05) is 48.5 Å². The molecule has 1 aliphatic carbocycles. The lowest BCUT2D eigenvalue weighted by Gasteiger charge is -2.20. The Morgan fingerprint density at radius 1 is 1.11 bits per heavy atom. The monoisotopic (exact) mass is 475 g/mol. The van der Waals surface area contributed by atoms with E-state index in [4.69, 9.17) is 4.74 Å². The molecular formula is C24H21N5O6. The number of aromatic nitrogens is 2. The highest BCUT2D eigenvalue weighted by molar-refractivity contribution is 6.05. The standard InChI is InChI=1S/C24H21N5O6/c1-28-11-17(22(31)29-19(23(32)33)10-20(30)26-29)21(27-28)25-24(34)35-12-18-15-8-4-2-6-13(15)14-7-3-5-9-16(14)18/h2-9,11,18-19H,10,12H2,1H3,(H,26,30)(H,32,33)(H,25,27,34). The minimum atomic E-state index is -1.36. The molecule has 2 aromatic carbocycles. The maximum absolute atomic E-state index is 13.0. The number of nitrogens with one attached hydrogen (secondary N) is 2. The largest absolute Gasteiger partial charge is 0.480 e. The van der Waals surface area contributed by atoms with Crippen LogP contribution < -0.4 is 10.7 Å². The van der Waals surface area contributed by atoms with Gasteiger partial charge in [-0.15, -0.1) is 0 Å². The van der Waals surface area contributed by atoms with Crippen LogP contribution in [0.15, 0.2) is 54.7 Å². The average molecular weight is 475 g/mol. The van der Waals surface area contributed by atoms with Crippen LogP contribution in [0.25, 0.3) is 11.1 Å². The Morgan fingerprint density at radius 3 is 2.37 bits per heavy atom. The van der Waals surface area contributed by atoms with E-state index in [1.165, 1.54) is 17.9 Å². The lowest BCUT2D eigenvalue weighted by atomic mass is 9.98. The lowest BCUT2D eigenvalue weighted by molar-refractivity contribution is -0.142. The zero-order chi connectivity index (χ0) is 24.7. The van der Waals surface area contributed by atoms with Crippen LogP contribution in [0.5, 0.6) is 0 Å². The van der Waals surface area contributed by atoms with Crippen molar-refractivity contribution in [1.29, 1.82) is 0 Å². The second kappa shape index (κ2) is 8.60. The van der Waals surface area contributed by atoms with E-state index in [0.717, 1.165) is 27.3 Å². The number of carbonyl (C=O) groups excluding carboxylic acids is 3. The van der Waals surface area contributed by atoms with Crippen LogP contribution in [0.1, 0.15) is 33.8 Å². The van der Waals surface area contributed by atoms with E-state index in [-0.39, 0.29) is 30.3 Å². The van der Waals surface area contributed by atoms with E-state index in [0.29, 0.717) is 0 Å². The molecule has 1 atom stereocenters. The summed E-state index contributed by atoms with van der Waals surface area (Å²) in [6.45, 7) is 0.0687. The zero-order valence-corrected chi connectivity index (χ0v) is 18.6. The van der Waals surface area contributed by atoms with Gasteiger partial charge in [-0.3, -0.25) is 25.0 Å². The number of aliphatic carboxylic acids is 1. The Balaban J connectivity index is 1.31. The van der Waals surface area contributed by atoms with Crippen LogP contribution in [0.4, 0.5) is 10.6 Å². The van der Waals surface area contributed by atoms with Gasteiger partial charge in [-0.05, 0) is 22.3 Å². The summed E-state index contributed by atoms with van der Waals surface area (Å²) in [4.78, 5) is 48.7. The number of carboxylic acid groups (broad SMARTS) is 1. The third-order valence-electron chi connectivity index (χ3n) is 6.06. The van der Waals surface area contributed by atoms with Gasteiger partial charge in [0.15, 0.2) is 11.9 Å². The molecule has 1 unspecified atom stereocenters. The van der Waals surface area contributed by atoms with Gasteiger partial charge in [0.05, 0.1) is 6.42 Å². The van der Waals surface area contributed by atoms with Crippen molar-refractivity contribution in [1.82, 2.24) is 20.2 Å². The van der Waals surface area contributed by atoms with Crippen molar-refractivity contribution in [3.05, 3.63) is 71.4 Å². The molecule has 178 valence electrons. The molecule has 3 N–H and O–H groups in total. The Morgan fingerprint density at radius 2 is 1.74 bits per heavy atom. The van der Waals surface area contributed by atoms with Crippen molar-refractivity contribution in [2.45, 2.75) is 18.4 Å². The van der Waals surface area contributed by atoms with E-state index in [1.807, 2.05) is 48.5 Å². The summed E-state index contributed by atoms with van der Waals surface area (Å²) in [5, 5.41) is 16.6. The summed E-state index contributed by atoms with van der Waals surface area (Å²) in [5.74, 6) is -2.99. The Hall–Kier alpha value is -4.67. The number of fused-ring (bicyclic) bond motifs is 3. The maximum Gasteiger partial charge on any atom is 0.412 e. The molecule has 1 aliphatic heterocycles. The topological polar surface area (TPSA) is 143 Å². The van der Waals surface area contributed by atoms with Crippen LogP contribution in [0, 0.1) is 0 Å². The van der Waals surface area contributed by atoms with Crippen molar-refractivity contribution in [3.8, 4) is 11.1 Å². The summed E-state index contributed by atoms with van der Waals surface area (Å²) >= 11 is 0. The molecule has 0 spiro atoms. The molecule has 1 fully saturated rings. The number of carboxylic acids is 1. The van der Waals surface area contributed by atoms with Gasteiger partial charge in [0, 0.05) is 19.2 Å². The van der Waals surface area contributed by atoms with Gasteiger partial charge in [-0.25, -0.2) is 14.6 Å². The van der Waals surface area contributed by atoms with Crippen LogP contribution in [0.2, 0.25) is 0 Å². The fourth-order valence-electron chi connectivity index (χ4n) is 4.51. The summed E-state index contributed by atoms with van der Waals surface area (Å²) in [6, 6.07) is 14.5. The second-order valence-electron chi connectivity index (χ2n) is 8.28. The number of amides is 3. The predicted octanol–water partition coefficient (Wildman–Crippen LogP) is 2.11. The summed E-state index contributed by atoms with van der Waals surface area (Å²) < 4.78 is 6.79. The molecule has 2 aliphatic rings. The zero-order valence-electron chi connectivity index (χ0n) is 18.6. The molecular weight excluding hydrogens is 454 g/mol. The first-order chi connectivity index (χ1) is 16.8. The molecule has 3 aromatic rings. The number of anilines is 1. The molecule has 11 heteroatoms. The Kier molecular flexibility index (Phi) is 5.44. The molecule has 11 nitrogen and oxygen atoms in total. The molecule has 2 heterocycles. The highest BCUT2D eigenvalue weighted by Gasteiger charge is 2.40. The number of hydrogen-bond donors (Lipinski definition) is 3. The summed E-state index contributed by atoms with van der Waals surface area (Å²) in [5.41, 5.74) is 6.45. The predicted molar refractivity (Wildman–Crippen MR) is 122 cm³/mol. The SMILES string of the molecule is Cn1cc(C(=O)N2NC(=O)CC2C(=O)O)c(NC(=O)OCC2c3ccccc3-c3ccccc32)n1. The van der Waals surface area contributed by atoms with Crippen molar-refractivity contribution in [2.24, 2.45) is 7.05 Å². The molecule has 0 saturated carbocycles. The molecule has 1 aromatic heterocycles. The molecule has 3 amide bonds. The van der Waals surface area contributed by atoms with Gasteiger partial charge in [0.25, 0.3) is 5.91 Å². The van der Waals surface area contributed by atoms with E-state index in [9.17, 15) is 24.3 Å². The van der Waals surface area contributed by atoms with Crippen molar-refractivity contribution in [3.63, 3.8) is 0 Å². The average Bonchev–Trinajstić information content (AvgIpc) is 3.50. The summed E-state index contributed by atoms with van der Waals surface area (Å²) in [7, 11) is 1.54. The molecule has 0 bridgehead atoms. The summed E-state index contributed by atoms with van der Waals surface area (Å²) in [6.07, 6.45) is 0.140. The number of ether oxygens (including phenoxy) is 1. The molecule has 1 saturated heterocycles. The number of benzene rings is 2. The molecule has 0 radical (unpaired) electrons. The highest BCUT2D eigenvalue weighted by Crippen LogP contribution is 2.44. The van der Waals surface area contributed by atoms with E-state index < -0.39 is 29.9 Å². The smallest absolute Gasteiger partial charge is 0.412 e. The van der Waals surface area contributed by atoms with Crippen LogP contribution in [0.3, 0.4) is 0 Å². The molecule has 5 rings (SSSR count). The van der Waals surface area contributed by atoms with Crippen molar-refractivity contribution in [2.75, 3.05) is 11.9 Å². The van der Waals surface area contributed by atoms with Gasteiger partial charge in [-0.2, -0.15) is 5.10 Å². The first kappa shape index (κ1) is 22.1. The minimum absolute atomic E-state index is 0.0687. The fraction of sp³-hybridized carbons (Fsp3) is 0.208. The molecule has 35 heavy (non-hydrogen) atoms. The third kappa shape index (κ3) is 3.97. The number of hydrogen-bond acceptors (Lipinski definition) is 6. The third-order valence-corrected chi connectivity index (χ3v) is 6.06. The van der Waals surface area contributed by atoms with Gasteiger partial charge in [0.1, 0.15) is 12.2 Å². The van der Waals surface area contributed by atoms with Crippen LogP contribution in [-0.2, 0) is 21.4 Å². The van der Waals surface area contributed by atoms with Gasteiger partial charge in [0.2, 0.25) is 5.91 Å². The first-order valence-electron chi connectivity index (χ1n) is 10.8. The maximum atomic E-state index is 13.0. The normalized spacial score (nSPS) is 16.4.